The van der Waals surface area contributed by atoms with Gasteiger partial charge in [0.2, 0.25) is 0 Å². The predicted molar refractivity (Wildman–Crippen MR) is 71.7 cm³/mol. The Morgan fingerprint density at radius 1 is 1.06 bits per heavy atom. The van der Waals surface area contributed by atoms with Crippen molar-refractivity contribution in [3.05, 3.63) is 34.9 Å². The third kappa shape index (κ3) is 4.80. The number of unbranched alkanes of at least 4 members (excludes halogenated alkanes) is 1. The maximum Gasteiger partial charge on any atom is 0.00970 e. The normalized spacial score (nSPS) is 11.8. The summed E-state index contributed by atoms with van der Waals surface area (Å²) in [7, 11) is 0. The summed E-state index contributed by atoms with van der Waals surface area (Å²) in [5.41, 5.74) is 10.2. The van der Waals surface area contributed by atoms with Gasteiger partial charge in [-0.15, -0.1) is 0 Å². The smallest absolute Gasteiger partial charge is 0.00970 e. The van der Waals surface area contributed by atoms with Crippen LogP contribution in [-0.2, 0) is 6.42 Å². The molecule has 90 valence electrons. The maximum atomic E-state index is 5.96. The second-order valence-electron chi connectivity index (χ2n) is 5.61. The number of nitrogens with two attached hydrogens (primary N) is 1. The highest BCUT2D eigenvalue weighted by atomic mass is 14.7. The molecule has 1 aromatic rings. The lowest BCUT2D eigenvalue weighted by molar-refractivity contribution is 0.450. The van der Waals surface area contributed by atoms with Gasteiger partial charge < -0.3 is 5.73 Å². The fraction of sp³-hybridized carbons (Fsp3) is 0.600. The third-order valence-electron chi connectivity index (χ3n) is 3.11. The Balaban J connectivity index is 2.35. The lowest BCUT2D eigenvalue weighted by atomic mass is 9.96. The fourth-order valence-electron chi connectivity index (χ4n) is 1.87. The minimum atomic E-state index is -0.0107. The highest BCUT2D eigenvalue weighted by Crippen LogP contribution is 2.15. The van der Waals surface area contributed by atoms with Crippen molar-refractivity contribution in [3.63, 3.8) is 0 Å². The van der Waals surface area contributed by atoms with E-state index >= 15 is 0 Å². The van der Waals surface area contributed by atoms with Crippen molar-refractivity contribution in [3.8, 4) is 0 Å². The van der Waals surface area contributed by atoms with Crippen LogP contribution < -0.4 is 5.73 Å². The monoisotopic (exact) mass is 219 g/mol. The van der Waals surface area contributed by atoms with E-state index in [0.29, 0.717) is 0 Å². The van der Waals surface area contributed by atoms with Crippen LogP contribution in [0.3, 0.4) is 0 Å². The van der Waals surface area contributed by atoms with Gasteiger partial charge in [0.05, 0.1) is 0 Å². The number of benzene rings is 1. The number of hydrogen-bond donors (Lipinski definition) is 1. The van der Waals surface area contributed by atoms with Crippen LogP contribution in [0.2, 0.25) is 0 Å². The third-order valence-corrected chi connectivity index (χ3v) is 3.11. The van der Waals surface area contributed by atoms with Crippen LogP contribution in [-0.4, -0.2) is 5.54 Å². The van der Waals surface area contributed by atoms with Crippen molar-refractivity contribution in [2.75, 3.05) is 0 Å². The van der Waals surface area contributed by atoms with Gasteiger partial charge in [-0.3, -0.25) is 0 Å². The van der Waals surface area contributed by atoms with Gasteiger partial charge in [-0.1, -0.05) is 24.6 Å². The standard InChI is InChI=1S/C15H25N/c1-12-8-9-14(11-13(12)2)7-5-6-10-15(3,4)16/h8-9,11H,5-7,10,16H2,1-4H3. The second kappa shape index (κ2) is 5.49. The number of rotatable bonds is 5. The summed E-state index contributed by atoms with van der Waals surface area (Å²) < 4.78 is 0. The molecule has 0 radical (unpaired) electrons. The molecule has 0 bridgehead atoms. The number of aryl methyl sites for hydroxylation is 3. The first-order valence-corrected chi connectivity index (χ1v) is 6.23. The quantitative estimate of drug-likeness (QED) is 0.750. The fourth-order valence-corrected chi connectivity index (χ4v) is 1.87. The van der Waals surface area contributed by atoms with Gasteiger partial charge in [0.25, 0.3) is 0 Å². The van der Waals surface area contributed by atoms with Gasteiger partial charge in [-0.2, -0.15) is 0 Å². The van der Waals surface area contributed by atoms with E-state index in [0.717, 1.165) is 6.42 Å². The van der Waals surface area contributed by atoms with Crippen LogP contribution in [0.5, 0.6) is 0 Å². The Morgan fingerprint density at radius 2 is 1.75 bits per heavy atom. The average Bonchev–Trinajstić information content (AvgIpc) is 2.17. The van der Waals surface area contributed by atoms with Crippen molar-refractivity contribution < 1.29 is 0 Å². The van der Waals surface area contributed by atoms with Crippen LogP contribution >= 0.6 is 0 Å². The minimum absolute atomic E-state index is 0.0107. The molecule has 0 aliphatic rings. The average molecular weight is 219 g/mol. The van der Waals surface area contributed by atoms with Crippen LogP contribution in [0, 0.1) is 13.8 Å². The van der Waals surface area contributed by atoms with Crippen LogP contribution in [0.25, 0.3) is 0 Å². The van der Waals surface area contributed by atoms with Gasteiger partial charge in [-0.05, 0) is 63.6 Å². The topological polar surface area (TPSA) is 26.0 Å². The molecule has 2 N–H and O–H groups in total. The van der Waals surface area contributed by atoms with E-state index in [4.69, 9.17) is 5.73 Å². The highest BCUT2D eigenvalue weighted by Gasteiger charge is 2.09. The van der Waals surface area contributed by atoms with Gasteiger partial charge in [-0.25, -0.2) is 0 Å². The Morgan fingerprint density at radius 3 is 2.31 bits per heavy atom. The molecule has 0 saturated heterocycles. The summed E-state index contributed by atoms with van der Waals surface area (Å²) in [5, 5.41) is 0. The Kier molecular flexibility index (Phi) is 4.55. The minimum Gasteiger partial charge on any atom is -0.326 e. The molecule has 0 unspecified atom stereocenters. The first-order valence-electron chi connectivity index (χ1n) is 6.23. The zero-order valence-corrected chi connectivity index (χ0v) is 11.1. The molecule has 16 heavy (non-hydrogen) atoms. The Hall–Kier alpha value is -0.820. The molecule has 0 aromatic heterocycles. The molecule has 0 spiro atoms. The van der Waals surface area contributed by atoms with Crippen molar-refractivity contribution in [1.29, 1.82) is 0 Å². The zero-order chi connectivity index (χ0) is 12.2. The Labute approximate surface area is 100 Å². The summed E-state index contributed by atoms with van der Waals surface area (Å²) in [4.78, 5) is 0. The Bertz CT molecular complexity index is 334. The molecule has 1 nitrogen and oxygen atoms in total. The first kappa shape index (κ1) is 13.2. The largest absolute Gasteiger partial charge is 0.326 e. The molecule has 1 heteroatoms. The van der Waals surface area contributed by atoms with Gasteiger partial charge >= 0.3 is 0 Å². The van der Waals surface area contributed by atoms with E-state index < -0.39 is 0 Å². The molecule has 1 aromatic carbocycles. The van der Waals surface area contributed by atoms with Gasteiger partial charge in [0, 0.05) is 5.54 Å². The summed E-state index contributed by atoms with van der Waals surface area (Å²) in [6, 6.07) is 6.77. The van der Waals surface area contributed by atoms with Crippen LogP contribution in [0.15, 0.2) is 18.2 Å². The van der Waals surface area contributed by atoms with Crippen molar-refractivity contribution in [2.45, 2.75) is 58.9 Å². The van der Waals surface area contributed by atoms with Crippen LogP contribution in [0.1, 0.15) is 49.8 Å². The van der Waals surface area contributed by atoms with Gasteiger partial charge in [0.1, 0.15) is 0 Å². The SMILES string of the molecule is Cc1ccc(CCCCC(C)(C)N)cc1C. The van der Waals surface area contributed by atoms with E-state index in [1.165, 1.54) is 36.0 Å². The molecule has 0 heterocycles. The highest BCUT2D eigenvalue weighted by molar-refractivity contribution is 5.29. The molecule has 0 fully saturated rings. The van der Waals surface area contributed by atoms with E-state index in [-0.39, 0.29) is 5.54 Å². The van der Waals surface area contributed by atoms with E-state index in [1.54, 1.807) is 0 Å². The van der Waals surface area contributed by atoms with Crippen molar-refractivity contribution >= 4 is 0 Å². The maximum absolute atomic E-state index is 5.96. The molecule has 0 aliphatic heterocycles. The molecule has 1 rings (SSSR count). The summed E-state index contributed by atoms with van der Waals surface area (Å²) >= 11 is 0. The van der Waals surface area contributed by atoms with Crippen molar-refractivity contribution in [2.24, 2.45) is 5.73 Å². The van der Waals surface area contributed by atoms with E-state index in [1.807, 2.05) is 0 Å². The summed E-state index contributed by atoms with van der Waals surface area (Å²) in [5.74, 6) is 0. The predicted octanol–water partition coefficient (Wildman–Crippen LogP) is 3.75. The van der Waals surface area contributed by atoms with Gasteiger partial charge in [0.15, 0.2) is 0 Å². The van der Waals surface area contributed by atoms with E-state index in [2.05, 4.69) is 45.9 Å². The lowest BCUT2D eigenvalue weighted by Gasteiger charge is -2.17. The number of hydrogen-bond acceptors (Lipinski definition) is 1. The van der Waals surface area contributed by atoms with Crippen molar-refractivity contribution in [1.82, 2.24) is 0 Å². The molecule has 0 aliphatic carbocycles. The molecular weight excluding hydrogens is 194 g/mol. The second-order valence-corrected chi connectivity index (χ2v) is 5.61. The molecule has 0 amide bonds. The molecule has 0 saturated carbocycles. The lowest BCUT2D eigenvalue weighted by Crippen LogP contribution is -2.31. The van der Waals surface area contributed by atoms with E-state index in [9.17, 15) is 0 Å². The zero-order valence-electron chi connectivity index (χ0n) is 11.1. The first-order chi connectivity index (χ1) is 7.38. The molecular formula is C15H25N. The summed E-state index contributed by atoms with van der Waals surface area (Å²) in [6.45, 7) is 8.55. The van der Waals surface area contributed by atoms with Crippen LogP contribution in [0.4, 0.5) is 0 Å². The summed E-state index contributed by atoms with van der Waals surface area (Å²) in [6.07, 6.45) is 4.74. The molecule has 0 atom stereocenters.